The van der Waals surface area contributed by atoms with Gasteiger partial charge in [-0.25, -0.2) is 4.79 Å². The summed E-state index contributed by atoms with van der Waals surface area (Å²) >= 11 is 0. The molecule has 1 aromatic heterocycles. The van der Waals surface area contributed by atoms with Crippen molar-refractivity contribution in [1.82, 2.24) is 9.55 Å². The Morgan fingerprint density at radius 2 is 1.35 bits per heavy atom. The number of rotatable bonds is 3. The van der Waals surface area contributed by atoms with Crippen molar-refractivity contribution in [3.05, 3.63) is 117 Å². The van der Waals surface area contributed by atoms with E-state index in [1.165, 1.54) is 26.8 Å². The molecule has 0 aliphatic carbocycles. The molecule has 0 bridgehead atoms. The number of aromatic amines is 1. The van der Waals surface area contributed by atoms with Gasteiger partial charge in [-0.3, -0.25) is 9.36 Å². The lowest BCUT2D eigenvalue weighted by molar-refractivity contribution is 0.701. The van der Waals surface area contributed by atoms with Gasteiger partial charge in [-0.2, -0.15) is 0 Å². The molecule has 0 spiro atoms. The summed E-state index contributed by atoms with van der Waals surface area (Å²) in [4.78, 5) is 28.6. The van der Waals surface area contributed by atoms with Crippen molar-refractivity contribution in [2.24, 2.45) is 0 Å². The van der Waals surface area contributed by atoms with Crippen LogP contribution in [0.25, 0.3) is 43.6 Å². The van der Waals surface area contributed by atoms with Crippen molar-refractivity contribution in [3.8, 4) is 11.3 Å². The van der Waals surface area contributed by atoms with Gasteiger partial charge in [-0.15, -0.1) is 0 Å². The molecule has 0 atom stereocenters. The van der Waals surface area contributed by atoms with Crippen LogP contribution in [0.15, 0.2) is 101 Å². The summed E-state index contributed by atoms with van der Waals surface area (Å²) < 4.78 is 1.23. The Hall–Kier alpha value is -4.18. The van der Waals surface area contributed by atoms with Crippen LogP contribution in [-0.2, 0) is 6.54 Å². The molecule has 4 nitrogen and oxygen atoms in total. The first-order chi connectivity index (χ1) is 15.2. The highest BCUT2D eigenvalue weighted by molar-refractivity contribution is 6.25. The standard InChI is InChI=1S/C27H18N2O2/c30-24-15-23(28-27(31)29(24)16-17-5-2-1-3-6-17)21-13-11-20-10-9-18-7-4-8-19-12-14-22(21)26(20)25(18)19/h1-15H,16H2,(H,28,31). The Kier molecular flexibility index (Phi) is 3.80. The highest BCUT2D eigenvalue weighted by Gasteiger charge is 2.14. The fourth-order valence-corrected chi connectivity index (χ4v) is 4.55. The van der Waals surface area contributed by atoms with Gasteiger partial charge in [0.1, 0.15) is 0 Å². The first kappa shape index (κ1) is 17.7. The third-order valence-electron chi connectivity index (χ3n) is 6.02. The van der Waals surface area contributed by atoms with E-state index >= 15 is 0 Å². The van der Waals surface area contributed by atoms with E-state index in [4.69, 9.17) is 0 Å². The van der Waals surface area contributed by atoms with Crippen LogP contribution in [0.4, 0.5) is 0 Å². The zero-order valence-corrected chi connectivity index (χ0v) is 16.6. The van der Waals surface area contributed by atoms with Crippen LogP contribution < -0.4 is 11.2 Å². The topological polar surface area (TPSA) is 54.9 Å². The molecule has 5 aromatic carbocycles. The maximum absolute atomic E-state index is 12.9. The molecule has 6 aromatic rings. The molecule has 1 heterocycles. The van der Waals surface area contributed by atoms with Gasteiger partial charge in [0.2, 0.25) is 0 Å². The van der Waals surface area contributed by atoms with Crippen LogP contribution in [0.5, 0.6) is 0 Å². The third-order valence-corrected chi connectivity index (χ3v) is 6.02. The Bertz CT molecular complexity index is 1650. The molecule has 0 saturated carbocycles. The number of H-pyrrole nitrogens is 1. The quantitative estimate of drug-likeness (QED) is 0.416. The molecule has 0 fully saturated rings. The highest BCUT2D eigenvalue weighted by Crippen LogP contribution is 2.38. The van der Waals surface area contributed by atoms with Crippen molar-refractivity contribution < 1.29 is 0 Å². The minimum atomic E-state index is -0.406. The van der Waals surface area contributed by atoms with E-state index in [0.717, 1.165) is 27.3 Å². The molecule has 0 aliphatic heterocycles. The molecule has 6 rings (SSSR count). The Labute approximate surface area is 177 Å². The van der Waals surface area contributed by atoms with Crippen molar-refractivity contribution >= 4 is 32.3 Å². The van der Waals surface area contributed by atoms with Crippen LogP contribution in [0.2, 0.25) is 0 Å². The number of aromatic nitrogens is 2. The summed E-state index contributed by atoms with van der Waals surface area (Å²) in [6.07, 6.45) is 0. The third kappa shape index (κ3) is 2.76. The Balaban J connectivity index is 1.57. The minimum Gasteiger partial charge on any atom is -0.307 e. The predicted octanol–water partition coefficient (Wildman–Crippen LogP) is 5.15. The number of hydrogen-bond acceptors (Lipinski definition) is 2. The second kappa shape index (κ2) is 6.67. The molecule has 31 heavy (non-hydrogen) atoms. The van der Waals surface area contributed by atoms with Gasteiger partial charge in [0, 0.05) is 11.6 Å². The lowest BCUT2D eigenvalue weighted by Gasteiger charge is -2.14. The normalized spacial score (nSPS) is 11.6. The number of nitrogens with zero attached hydrogens (tertiary/aromatic N) is 1. The SMILES string of the molecule is O=c1cc(-c2ccc3ccc4cccc5ccc2c3c45)[nH]c(=O)n1Cc1ccccc1. The van der Waals surface area contributed by atoms with Crippen molar-refractivity contribution in [3.63, 3.8) is 0 Å². The zero-order chi connectivity index (χ0) is 20.9. The highest BCUT2D eigenvalue weighted by atomic mass is 16.2. The van der Waals surface area contributed by atoms with Crippen LogP contribution in [-0.4, -0.2) is 9.55 Å². The van der Waals surface area contributed by atoms with Gasteiger partial charge in [0.25, 0.3) is 5.56 Å². The first-order valence-corrected chi connectivity index (χ1v) is 10.2. The van der Waals surface area contributed by atoms with E-state index in [9.17, 15) is 9.59 Å². The smallest absolute Gasteiger partial charge is 0.307 e. The van der Waals surface area contributed by atoms with Gasteiger partial charge in [-0.1, -0.05) is 84.9 Å². The second-order valence-corrected chi connectivity index (χ2v) is 7.87. The predicted molar refractivity (Wildman–Crippen MR) is 126 cm³/mol. The largest absolute Gasteiger partial charge is 0.329 e. The average Bonchev–Trinajstić information content (AvgIpc) is 2.80. The second-order valence-electron chi connectivity index (χ2n) is 7.87. The van der Waals surface area contributed by atoms with Gasteiger partial charge in [-0.05, 0) is 37.9 Å². The molecule has 4 heteroatoms. The van der Waals surface area contributed by atoms with E-state index in [-0.39, 0.29) is 12.1 Å². The molecular weight excluding hydrogens is 384 g/mol. The Morgan fingerprint density at radius 1 is 0.677 bits per heavy atom. The van der Waals surface area contributed by atoms with E-state index in [2.05, 4.69) is 53.5 Å². The van der Waals surface area contributed by atoms with Gasteiger partial charge in [0.05, 0.1) is 12.2 Å². The van der Waals surface area contributed by atoms with E-state index < -0.39 is 5.69 Å². The number of benzene rings is 5. The minimum absolute atomic E-state index is 0.244. The fraction of sp³-hybridized carbons (Fsp3) is 0.0370. The lowest BCUT2D eigenvalue weighted by atomic mass is 9.91. The van der Waals surface area contributed by atoms with Crippen LogP contribution in [0.3, 0.4) is 0 Å². The maximum atomic E-state index is 12.9. The summed E-state index contributed by atoms with van der Waals surface area (Å²) in [6, 6.07) is 29.8. The van der Waals surface area contributed by atoms with Gasteiger partial charge < -0.3 is 4.98 Å². The van der Waals surface area contributed by atoms with Crippen LogP contribution >= 0.6 is 0 Å². The van der Waals surface area contributed by atoms with Gasteiger partial charge in [0.15, 0.2) is 0 Å². The monoisotopic (exact) mass is 402 g/mol. The zero-order valence-electron chi connectivity index (χ0n) is 16.6. The summed E-state index contributed by atoms with van der Waals surface area (Å²) in [5.74, 6) is 0. The summed E-state index contributed by atoms with van der Waals surface area (Å²) in [5.41, 5.74) is 1.58. The van der Waals surface area contributed by atoms with Crippen LogP contribution in [0, 0.1) is 0 Å². The Morgan fingerprint density at radius 3 is 2.10 bits per heavy atom. The number of nitrogens with one attached hydrogen (secondary N) is 1. The summed E-state index contributed by atoms with van der Waals surface area (Å²) in [6.45, 7) is 0.244. The molecule has 0 saturated heterocycles. The van der Waals surface area contributed by atoms with E-state index in [1.807, 2.05) is 36.4 Å². The van der Waals surface area contributed by atoms with Crippen molar-refractivity contribution in [2.45, 2.75) is 6.54 Å². The molecule has 0 amide bonds. The summed E-state index contributed by atoms with van der Waals surface area (Å²) in [7, 11) is 0. The molecule has 0 unspecified atom stereocenters. The molecular formula is C27H18N2O2. The fourth-order valence-electron chi connectivity index (χ4n) is 4.55. The maximum Gasteiger partial charge on any atom is 0.329 e. The first-order valence-electron chi connectivity index (χ1n) is 10.2. The lowest BCUT2D eigenvalue weighted by Crippen LogP contribution is -2.35. The van der Waals surface area contributed by atoms with Gasteiger partial charge >= 0.3 is 5.69 Å². The molecule has 1 N–H and O–H groups in total. The van der Waals surface area contributed by atoms with Crippen molar-refractivity contribution in [1.29, 1.82) is 0 Å². The van der Waals surface area contributed by atoms with E-state index in [0.29, 0.717) is 5.69 Å². The molecule has 148 valence electrons. The summed E-state index contributed by atoms with van der Waals surface area (Å²) in [5, 5.41) is 6.89. The van der Waals surface area contributed by atoms with E-state index in [1.54, 1.807) is 0 Å². The average molecular weight is 402 g/mol. The molecule has 0 radical (unpaired) electrons. The van der Waals surface area contributed by atoms with Crippen LogP contribution in [0.1, 0.15) is 5.56 Å². The number of hydrogen-bond donors (Lipinski definition) is 1. The van der Waals surface area contributed by atoms with Crippen molar-refractivity contribution in [2.75, 3.05) is 0 Å². The molecule has 0 aliphatic rings.